The van der Waals surface area contributed by atoms with Crippen molar-refractivity contribution in [3.05, 3.63) is 0 Å². The molecule has 0 radical (unpaired) electrons. The second-order valence-electron chi connectivity index (χ2n) is 12.9. The molecule has 0 aromatic rings. The van der Waals surface area contributed by atoms with Gasteiger partial charge >= 0.3 is 11.1 Å². The number of aliphatic carboxylic acids is 1. The number of halogens is 1. The summed E-state index contributed by atoms with van der Waals surface area (Å²) in [6.45, 7) is 6.40. The average Bonchev–Trinajstić information content (AvgIpc) is 3.60. The minimum Gasteiger partial charge on any atom is -0.471 e. The molecule has 0 amide bonds. The second kappa shape index (κ2) is 20.9. The zero-order valence-corrected chi connectivity index (χ0v) is 28.5. The summed E-state index contributed by atoms with van der Waals surface area (Å²) in [6.07, 6.45) is 23.2. The smallest absolute Gasteiger partial charge is 0.446 e. The maximum Gasteiger partial charge on any atom is 0.446 e. The molecule has 2 rings (SSSR count). The number of aliphatic imine (C=N–C) groups is 2. The summed E-state index contributed by atoms with van der Waals surface area (Å²) in [4.78, 5) is 23.2. The van der Waals surface area contributed by atoms with E-state index in [1.807, 2.05) is 0 Å². The lowest BCUT2D eigenvalue weighted by Crippen LogP contribution is -2.82. The largest absolute Gasteiger partial charge is 0.471 e. The van der Waals surface area contributed by atoms with E-state index in [2.05, 4.69) is 13.8 Å². The highest BCUT2D eigenvalue weighted by atomic mass is 35.5. The van der Waals surface area contributed by atoms with Gasteiger partial charge in [0.25, 0.3) is 0 Å². The van der Waals surface area contributed by atoms with Gasteiger partial charge in [0.1, 0.15) is 26.2 Å². The summed E-state index contributed by atoms with van der Waals surface area (Å²) >= 11 is 7.55. The van der Waals surface area contributed by atoms with Crippen molar-refractivity contribution in [2.45, 2.75) is 147 Å². The zero-order valence-electron chi connectivity index (χ0n) is 27.7. The van der Waals surface area contributed by atoms with Crippen LogP contribution >= 0.6 is 11.6 Å². The van der Waals surface area contributed by atoms with Crippen LogP contribution in [0.15, 0.2) is 9.98 Å². The van der Waals surface area contributed by atoms with Crippen LogP contribution in [0.1, 0.15) is 142 Å². The van der Waals surface area contributed by atoms with E-state index >= 15 is 0 Å². The molecule has 43 heavy (non-hydrogen) atoms. The van der Waals surface area contributed by atoms with Crippen molar-refractivity contribution in [3.8, 4) is 0 Å². The number of aliphatic hydroxyl groups excluding tert-OH is 2. The SMILES string of the molecule is CCCCCCCCCCCC1=NCC[N+]1(CCO)C(Cl)(C(=O)O)[N+]1(CCO)CCN=C1CCCCCCCCCCC. The third-order valence-electron chi connectivity index (χ3n) is 9.92. The van der Waals surface area contributed by atoms with Crippen LogP contribution in [0.4, 0.5) is 0 Å². The zero-order chi connectivity index (χ0) is 31.4. The van der Waals surface area contributed by atoms with Gasteiger partial charge in [0, 0.05) is 24.4 Å². The predicted octanol–water partition coefficient (Wildman–Crippen LogP) is 7.25. The number of carbonyl (C=O) groups is 1. The fraction of sp³-hybridized carbons (Fsp3) is 0.912. The molecular weight excluding hydrogens is 564 g/mol. The lowest BCUT2D eigenvalue weighted by atomic mass is 10.0. The van der Waals surface area contributed by atoms with E-state index in [1.165, 1.54) is 89.9 Å². The van der Waals surface area contributed by atoms with Crippen LogP contribution in [0.25, 0.3) is 0 Å². The van der Waals surface area contributed by atoms with Gasteiger partial charge in [0.15, 0.2) is 0 Å². The molecule has 0 bridgehead atoms. The Morgan fingerprint density at radius 2 is 0.977 bits per heavy atom. The maximum atomic E-state index is 13.5. The van der Waals surface area contributed by atoms with Gasteiger partial charge < -0.3 is 15.3 Å². The number of quaternary nitrogens is 2. The number of hydrogen-bond donors (Lipinski definition) is 3. The van der Waals surface area contributed by atoms with Crippen LogP contribution < -0.4 is 0 Å². The molecule has 0 aromatic carbocycles. The van der Waals surface area contributed by atoms with Crippen molar-refractivity contribution < 1.29 is 29.1 Å². The van der Waals surface area contributed by atoms with Gasteiger partial charge in [0.05, 0.1) is 26.3 Å². The Balaban J connectivity index is 2.14. The molecule has 0 saturated heterocycles. The quantitative estimate of drug-likeness (QED) is 0.0386. The van der Waals surface area contributed by atoms with E-state index in [9.17, 15) is 20.1 Å². The molecule has 0 aliphatic carbocycles. The second-order valence-corrected chi connectivity index (χ2v) is 13.4. The molecule has 0 fully saturated rings. The molecule has 2 heterocycles. The van der Waals surface area contributed by atoms with E-state index in [0.29, 0.717) is 39.0 Å². The van der Waals surface area contributed by atoms with Gasteiger partial charge in [-0.15, -0.1) is 0 Å². The Kier molecular flexibility index (Phi) is 18.5. The standard InChI is InChI=1S/C34H64ClN4O4/c1-3-5-7-9-11-13-15-17-19-21-31-36-23-25-38(31,27-29-40)34(35,33(42)43)39(28-30-41)26-24-37-32(39)22-20-18-16-14-12-10-8-6-4-2/h40-41H,3-30H2,1-2H3/q+1/p+1. The Morgan fingerprint density at radius 1 is 0.651 bits per heavy atom. The summed E-state index contributed by atoms with van der Waals surface area (Å²) in [5.74, 6) is 0.470. The topological polar surface area (TPSA) is 102 Å². The summed E-state index contributed by atoms with van der Waals surface area (Å²) in [5.41, 5.74) is 0. The summed E-state index contributed by atoms with van der Waals surface area (Å²) < 4.78 is -0.123. The highest BCUT2D eigenvalue weighted by molar-refractivity contribution is 6.32. The van der Waals surface area contributed by atoms with Gasteiger partial charge in [0.2, 0.25) is 11.7 Å². The third-order valence-corrected chi connectivity index (χ3v) is 10.7. The van der Waals surface area contributed by atoms with Crippen LogP contribution in [0.2, 0.25) is 0 Å². The van der Waals surface area contributed by atoms with Gasteiger partial charge in [-0.3, -0.25) is 0 Å². The number of rotatable bonds is 27. The molecule has 0 spiro atoms. The third kappa shape index (κ3) is 9.96. The number of carboxylic acid groups (broad SMARTS) is 1. The highest BCUT2D eigenvalue weighted by Crippen LogP contribution is 2.45. The minimum atomic E-state index is -1.84. The van der Waals surface area contributed by atoms with Crippen LogP contribution in [0.3, 0.4) is 0 Å². The number of alkyl halides is 1. The molecule has 3 N–H and O–H groups in total. The molecule has 2 atom stereocenters. The molecule has 8 nitrogen and oxygen atoms in total. The first-order valence-electron chi connectivity index (χ1n) is 17.9. The van der Waals surface area contributed by atoms with Crippen LogP contribution in [0, 0.1) is 0 Å². The summed E-state index contributed by atoms with van der Waals surface area (Å²) in [6, 6.07) is 0. The molecule has 0 aromatic heterocycles. The van der Waals surface area contributed by atoms with Gasteiger partial charge in [-0.1, -0.05) is 117 Å². The van der Waals surface area contributed by atoms with Gasteiger partial charge in [-0.2, -0.15) is 8.97 Å². The van der Waals surface area contributed by atoms with Crippen molar-refractivity contribution in [1.82, 2.24) is 0 Å². The fourth-order valence-electron chi connectivity index (χ4n) is 7.49. The van der Waals surface area contributed by atoms with E-state index in [-0.39, 0.29) is 35.3 Å². The molecular formula is C34H65ClN4O4+2. The summed E-state index contributed by atoms with van der Waals surface area (Å²) in [5, 5.41) is 29.7. The van der Waals surface area contributed by atoms with Crippen LogP contribution in [-0.2, 0) is 4.79 Å². The first-order valence-corrected chi connectivity index (χ1v) is 18.2. The molecule has 2 aliphatic heterocycles. The average molecular weight is 629 g/mol. The number of carboxylic acids is 1. The van der Waals surface area contributed by atoms with E-state index < -0.39 is 11.1 Å². The fourth-order valence-corrected chi connectivity index (χ4v) is 8.03. The van der Waals surface area contributed by atoms with Crippen molar-refractivity contribution in [2.24, 2.45) is 9.98 Å². The summed E-state index contributed by atoms with van der Waals surface area (Å²) in [7, 11) is 0. The Hall–Kier alpha value is -1.06. The lowest BCUT2D eigenvalue weighted by molar-refractivity contribution is -1.06. The Labute approximate surface area is 267 Å². The predicted molar refractivity (Wildman–Crippen MR) is 179 cm³/mol. The van der Waals surface area contributed by atoms with Gasteiger partial charge in [-0.25, -0.2) is 14.8 Å². The maximum absolute atomic E-state index is 13.5. The van der Waals surface area contributed by atoms with Crippen LogP contribution in [-0.4, -0.2) is 99.5 Å². The molecule has 250 valence electrons. The minimum absolute atomic E-state index is 0.0613. The molecule has 2 aliphatic rings. The molecule has 9 heteroatoms. The van der Waals surface area contributed by atoms with Crippen molar-refractivity contribution in [3.63, 3.8) is 0 Å². The monoisotopic (exact) mass is 628 g/mol. The number of aliphatic hydroxyl groups is 2. The van der Waals surface area contributed by atoms with Gasteiger partial charge in [-0.05, 0) is 12.8 Å². The normalized spacial score (nSPS) is 23.4. The van der Waals surface area contributed by atoms with E-state index in [0.717, 1.165) is 37.4 Å². The van der Waals surface area contributed by atoms with Crippen molar-refractivity contribution in [2.75, 3.05) is 52.5 Å². The Morgan fingerprint density at radius 3 is 1.28 bits per heavy atom. The lowest BCUT2D eigenvalue weighted by Gasteiger charge is -2.52. The number of nitrogens with zero attached hydrogens (tertiary/aromatic N) is 4. The first kappa shape index (κ1) is 38.1. The highest BCUT2D eigenvalue weighted by Gasteiger charge is 2.74. The number of hydrogen-bond acceptors (Lipinski definition) is 5. The first-order chi connectivity index (χ1) is 20.9. The van der Waals surface area contributed by atoms with E-state index in [1.54, 1.807) is 0 Å². The number of unbranched alkanes of at least 4 members (excludes halogenated alkanes) is 16. The van der Waals surface area contributed by atoms with Crippen molar-refractivity contribution in [1.29, 1.82) is 0 Å². The number of amidine groups is 2. The molecule has 0 saturated carbocycles. The molecule has 2 unspecified atom stereocenters. The Bertz CT molecular complexity index is 796. The van der Waals surface area contributed by atoms with Crippen LogP contribution in [0.5, 0.6) is 0 Å². The van der Waals surface area contributed by atoms with Crippen molar-refractivity contribution >= 4 is 29.2 Å². The van der Waals surface area contributed by atoms with E-state index in [4.69, 9.17) is 21.6 Å².